The van der Waals surface area contributed by atoms with E-state index < -0.39 is 18.4 Å². The summed E-state index contributed by atoms with van der Waals surface area (Å²) in [4.78, 5) is 24.3. The quantitative estimate of drug-likeness (QED) is 0.764. The second kappa shape index (κ2) is 7.18. The molecule has 0 heterocycles. The molecule has 6 nitrogen and oxygen atoms in total. The fourth-order valence-corrected chi connectivity index (χ4v) is 1.65. The van der Waals surface area contributed by atoms with Crippen LogP contribution in [0.25, 0.3) is 0 Å². The Hall–Kier alpha value is -2.50. The highest BCUT2D eigenvalue weighted by Gasteiger charge is 2.19. The summed E-state index contributed by atoms with van der Waals surface area (Å²) in [5.41, 5.74) is 0.296. The van der Waals surface area contributed by atoms with E-state index in [0.29, 0.717) is 17.1 Å². The van der Waals surface area contributed by atoms with Crippen LogP contribution in [-0.2, 0) is 4.79 Å². The van der Waals surface area contributed by atoms with E-state index in [2.05, 4.69) is 6.58 Å². The number of carboxylic acids is 1. The molecule has 1 amide bonds. The van der Waals surface area contributed by atoms with Crippen LogP contribution in [0.2, 0.25) is 0 Å². The summed E-state index contributed by atoms with van der Waals surface area (Å²) in [6.07, 6.45) is 1.47. The van der Waals surface area contributed by atoms with E-state index in [1.165, 1.54) is 37.3 Å². The predicted octanol–water partition coefficient (Wildman–Crippen LogP) is 1.42. The molecule has 0 aliphatic rings. The van der Waals surface area contributed by atoms with E-state index in [0.717, 1.165) is 0 Å². The molecule has 1 N–H and O–H groups in total. The number of hydrogen-bond acceptors (Lipinski definition) is 4. The third kappa shape index (κ3) is 4.01. The molecule has 1 aromatic carbocycles. The predicted molar refractivity (Wildman–Crippen MR) is 73.3 cm³/mol. The lowest BCUT2D eigenvalue weighted by Crippen LogP contribution is -2.35. The average molecular weight is 279 g/mol. The molecule has 108 valence electrons. The van der Waals surface area contributed by atoms with Crippen molar-refractivity contribution in [3.05, 3.63) is 36.4 Å². The number of rotatable bonds is 7. The summed E-state index contributed by atoms with van der Waals surface area (Å²) in [7, 11) is 2.95. The summed E-state index contributed by atoms with van der Waals surface area (Å²) in [5.74, 6) is -0.595. The number of carbonyl (C=O) groups is 2. The maximum Gasteiger partial charge on any atom is 0.323 e. The fourth-order valence-electron chi connectivity index (χ4n) is 1.65. The Morgan fingerprint density at radius 3 is 2.20 bits per heavy atom. The van der Waals surface area contributed by atoms with E-state index >= 15 is 0 Å². The number of carboxylic acid groups (broad SMARTS) is 1. The molecule has 0 aliphatic heterocycles. The van der Waals surface area contributed by atoms with Crippen molar-refractivity contribution in [3.8, 4) is 11.5 Å². The van der Waals surface area contributed by atoms with Gasteiger partial charge in [-0.3, -0.25) is 9.59 Å². The van der Waals surface area contributed by atoms with E-state index in [9.17, 15) is 9.59 Å². The molecule has 0 unspecified atom stereocenters. The van der Waals surface area contributed by atoms with Gasteiger partial charge in [0.25, 0.3) is 5.91 Å². The van der Waals surface area contributed by atoms with Gasteiger partial charge in [-0.15, -0.1) is 6.58 Å². The molecule has 0 spiro atoms. The molecule has 0 radical (unpaired) electrons. The molecule has 0 atom stereocenters. The smallest absolute Gasteiger partial charge is 0.323 e. The summed E-state index contributed by atoms with van der Waals surface area (Å²) >= 11 is 0. The van der Waals surface area contributed by atoms with Crippen molar-refractivity contribution < 1.29 is 24.2 Å². The van der Waals surface area contributed by atoms with Crippen LogP contribution in [0.5, 0.6) is 11.5 Å². The van der Waals surface area contributed by atoms with Gasteiger partial charge in [0.15, 0.2) is 0 Å². The van der Waals surface area contributed by atoms with Gasteiger partial charge in [0.1, 0.15) is 18.0 Å². The van der Waals surface area contributed by atoms with Gasteiger partial charge in [-0.2, -0.15) is 0 Å². The minimum absolute atomic E-state index is 0.144. The van der Waals surface area contributed by atoms with Crippen LogP contribution in [-0.4, -0.2) is 49.2 Å². The second-order valence-corrected chi connectivity index (χ2v) is 3.97. The Balaban J connectivity index is 3.09. The minimum Gasteiger partial charge on any atom is -0.497 e. The molecule has 1 rings (SSSR count). The van der Waals surface area contributed by atoms with Crippen LogP contribution in [0.1, 0.15) is 10.4 Å². The number of nitrogens with zero attached hydrogens (tertiary/aromatic N) is 1. The third-order valence-corrected chi connectivity index (χ3v) is 2.56. The van der Waals surface area contributed by atoms with Crippen molar-refractivity contribution in [1.82, 2.24) is 4.90 Å². The lowest BCUT2D eigenvalue weighted by atomic mass is 10.1. The molecule has 0 fully saturated rings. The number of aliphatic carboxylic acids is 1. The molecule has 0 saturated carbocycles. The zero-order chi connectivity index (χ0) is 15.1. The molecule has 0 bridgehead atoms. The largest absolute Gasteiger partial charge is 0.497 e. The Bertz CT molecular complexity index is 490. The first-order chi connectivity index (χ1) is 9.51. The highest BCUT2D eigenvalue weighted by Crippen LogP contribution is 2.23. The second-order valence-electron chi connectivity index (χ2n) is 3.97. The normalized spacial score (nSPS) is 9.70. The van der Waals surface area contributed by atoms with E-state index in [1.807, 2.05) is 0 Å². The van der Waals surface area contributed by atoms with E-state index in [4.69, 9.17) is 14.6 Å². The lowest BCUT2D eigenvalue weighted by Gasteiger charge is -2.19. The van der Waals surface area contributed by atoms with Crippen molar-refractivity contribution in [2.75, 3.05) is 27.3 Å². The van der Waals surface area contributed by atoms with Crippen LogP contribution in [0.4, 0.5) is 0 Å². The summed E-state index contributed by atoms with van der Waals surface area (Å²) in [6.45, 7) is 3.26. The topological polar surface area (TPSA) is 76.1 Å². The number of ether oxygens (including phenoxy) is 2. The van der Waals surface area contributed by atoms with Crippen LogP contribution in [0.3, 0.4) is 0 Å². The van der Waals surface area contributed by atoms with Gasteiger partial charge in [-0.25, -0.2) is 0 Å². The maximum absolute atomic E-state index is 12.3. The molecule has 6 heteroatoms. The Labute approximate surface area is 117 Å². The Kier molecular flexibility index (Phi) is 5.58. The summed E-state index contributed by atoms with van der Waals surface area (Å²) in [6, 6.07) is 4.69. The maximum atomic E-state index is 12.3. The monoisotopic (exact) mass is 279 g/mol. The van der Waals surface area contributed by atoms with E-state index in [-0.39, 0.29) is 6.54 Å². The van der Waals surface area contributed by atoms with Gasteiger partial charge >= 0.3 is 5.97 Å². The number of carbonyl (C=O) groups excluding carboxylic acids is 1. The number of amides is 1. The zero-order valence-electron chi connectivity index (χ0n) is 11.5. The van der Waals surface area contributed by atoms with E-state index in [1.54, 1.807) is 6.07 Å². The van der Waals surface area contributed by atoms with Crippen molar-refractivity contribution in [2.24, 2.45) is 0 Å². The van der Waals surface area contributed by atoms with Crippen LogP contribution < -0.4 is 9.47 Å². The lowest BCUT2D eigenvalue weighted by molar-refractivity contribution is -0.137. The Morgan fingerprint density at radius 1 is 1.25 bits per heavy atom. The zero-order valence-corrected chi connectivity index (χ0v) is 11.5. The summed E-state index contributed by atoms with van der Waals surface area (Å²) in [5, 5.41) is 8.83. The van der Waals surface area contributed by atoms with Gasteiger partial charge in [-0.1, -0.05) is 6.08 Å². The van der Waals surface area contributed by atoms with Gasteiger partial charge in [-0.05, 0) is 12.1 Å². The molecular weight excluding hydrogens is 262 g/mol. The first-order valence-electron chi connectivity index (χ1n) is 5.86. The Morgan fingerprint density at radius 2 is 1.80 bits per heavy atom. The fraction of sp³-hybridized carbons (Fsp3) is 0.286. The van der Waals surface area contributed by atoms with Crippen LogP contribution in [0.15, 0.2) is 30.9 Å². The van der Waals surface area contributed by atoms with Crippen molar-refractivity contribution in [1.29, 1.82) is 0 Å². The SMILES string of the molecule is C=CCN(CC(=O)O)C(=O)c1cc(OC)cc(OC)c1. The summed E-state index contributed by atoms with van der Waals surface area (Å²) < 4.78 is 10.2. The highest BCUT2D eigenvalue weighted by molar-refractivity contribution is 5.96. The first kappa shape index (κ1) is 15.6. The van der Waals surface area contributed by atoms with Gasteiger partial charge in [0, 0.05) is 18.2 Å². The van der Waals surface area contributed by atoms with Crippen molar-refractivity contribution in [3.63, 3.8) is 0 Å². The van der Waals surface area contributed by atoms with Gasteiger partial charge in [0.05, 0.1) is 14.2 Å². The molecule has 0 aromatic heterocycles. The van der Waals surface area contributed by atoms with Crippen LogP contribution in [0, 0.1) is 0 Å². The highest BCUT2D eigenvalue weighted by atomic mass is 16.5. The molecule has 20 heavy (non-hydrogen) atoms. The number of hydrogen-bond donors (Lipinski definition) is 1. The van der Waals surface area contributed by atoms with Gasteiger partial charge < -0.3 is 19.5 Å². The third-order valence-electron chi connectivity index (χ3n) is 2.56. The number of benzene rings is 1. The van der Waals surface area contributed by atoms with Crippen LogP contribution >= 0.6 is 0 Å². The van der Waals surface area contributed by atoms with Gasteiger partial charge in [0.2, 0.25) is 0 Å². The molecular formula is C14H17NO5. The van der Waals surface area contributed by atoms with Crippen molar-refractivity contribution >= 4 is 11.9 Å². The minimum atomic E-state index is -1.09. The van der Waals surface area contributed by atoms with Crippen molar-refractivity contribution in [2.45, 2.75) is 0 Å². The molecule has 0 aliphatic carbocycles. The average Bonchev–Trinajstić information content (AvgIpc) is 2.44. The first-order valence-corrected chi connectivity index (χ1v) is 5.86. The molecule has 1 aromatic rings. The standard InChI is InChI=1S/C14H17NO5/c1-4-5-15(9-13(16)17)14(18)10-6-11(19-2)8-12(7-10)20-3/h4,6-8H,1,5,9H2,2-3H3,(H,16,17). The molecule has 0 saturated heterocycles. The number of methoxy groups -OCH3 is 2.